The summed E-state index contributed by atoms with van der Waals surface area (Å²) in [6, 6.07) is 15.8. The third kappa shape index (κ3) is 6.25. The van der Waals surface area contributed by atoms with E-state index in [9.17, 15) is 13.9 Å². The fraction of sp³-hybridized carbons (Fsp3) is 0.296. The molecule has 1 aliphatic heterocycles. The van der Waals surface area contributed by atoms with Gasteiger partial charge in [-0.05, 0) is 61.9 Å². The molecule has 4 N–H and O–H groups in total. The Labute approximate surface area is 221 Å². The number of nitrogens with one attached hydrogen (secondary N) is 2. The number of carbonyl (C=O) groups excluding carboxylic acids is 1. The molecule has 5 rings (SSSR count). The molecule has 0 radical (unpaired) electrons. The van der Waals surface area contributed by atoms with Gasteiger partial charge in [-0.1, -0.05) is 0 Å². The Hall–Kier alpha value is -3.64. The van der Waals surface area contributed by atoms with E-state index in [4.69, 9.17) is 14.2 Å². The van der Waals surface area contributed by atoms with Crippen molar-refractivity contribution >= 4 is 27.7 Å². The van der Waals surface area contributed by atoms with E-state index in [2.05, 4.69) is 20.3 Å². The van der Waals surface area contributed by atoms with Crippen molar-refractivity contribution in [2.24, 2.45) is 0 Å². The van der Waals surface area contributed by atoms with Gasteiger partial charge in [-0.15, -0.1) is 0 Å². The Morgan fingerprint density at radius 2 is 1.95 bits per heavy atom. The first-order valence-corrected chi connectivity index (χ1v) is 14.1. The third-order valence-corrected chi connectivity index (χ3v) is 7.92. The van der Waals surface area contributed by atoms with E-state index in [-0.39, 0.29) is 23.8 Å². The molecule has 11 heteroatoms. The normalized spacial score (nSPS) is 18.2. The van der Waals surface area contributed by atoms with Crippen molar-refractivity contribution in [3.63, 3.8) is 0 Å². The van der Waals surface area contributed by atoms with Crippen molar-refractivity contribution in [3.8, 4) is 28.6 Å². The average molecular weight is 539 g/mol. The van der Waals surface area contributed by atoms with Crippen LogP contribution in [0.3, 0.4) is 0 Å². The van der Waals surface area contributed by atoms with Gasteiger partial charge >= 0.3 is 0 Å². The number of aromatic nitrogens is 3. The van der Waals surface area contributed by atoms with E-state index >= 15 is 0 Å². The molecule has 0 spiro atoms. The minimum Gasteiger partial charge on any atom is -0.488 e. The van der Waals surface area contributed by atoms with Gasteiger partial charge in [-0.25, -0.2) is 9.97 Å². The number of hydrogen-bond donors (Lipinski definition) is 4. The summed E-state index contributed by atoms with van der Waals surface area (Å²) in [4.78, 5) is 24.8. The Bertz CT molecular complexity index is 1390. The molecule has 0 saturated carbocycles. The molecule has 1 aliphatic rings. The van der Waals surface area contributed by atoms with Crippen LogP contribution >= 0.6 is 10.6 Å². The van der Waals surface area contributed by atoms with Crippen LogP contribution in [0.5, 0.6) is 17.2 Å². The molecule has 3 heterocycles. The highest BCUT2D eigenvalue weighted by molar-refractivity contribution is 8.24. The van der Waals surface area contributed by atoms with E-state index in [0.717, 1.165) is 11.1 Å². The van der Waals surface area contributed by atoms with Gasteiger partial charge in [0, 0.05) is 42.3 Å². The minimum atomic E-state index is -2.57. The number of benzene rings is 2. The standard InChI is InChI=1S/C27H30N4O6S/c1-17(15-35-2)36-22-12-19(25-30-24-4-3-10-28-26(24)31-25)13-23(14-22)37-21-7-5-18(6-8-21)27(32)29-20-9-11-38(33,34)16-20/h3-8,10,12-14,17,20,33-34H,9,11,15-16H2,1-2H3,(H,29,32)(H,28,30,31)/t17-,20?/m0/s1. The summed E-state index contributed by atoms with van der Waals surface area (Å²) in [6.45, 7) is 2.35. The summed E-state index contributed by atoms with van der Waals surface area (Å²) in [7, 11) is -0.950. The second-order valence-electron chi connectivity index (χ2n) is 9.29. The number of aromatic amines is 1. The van der Waals surface area contributed by atoms with E-state index in [1.54, 1.807) is 43.6 Å². The van der Waals surface area contributed by atoms with Gasteiger partial charge in [0.1, 0.15) is 34.7 Å². The number of pyridine rings is 1. The van der Waals surface area contributed by atoms with Gasteiger partial charge in [0.05, 0.1) is 12.4 Å². The Balaban J connectivity index is 1.35. The fourth-order valence-electron chi connectivity index (χ4n) is 4.33. The first kappa shape index (κ1) is 26.0. The highest BCUT2D eigenvalue weighted by Gasteiger charge is 2.29. The van der Waals surface area contributed by atoms with Crippen LogP contribution in [0.2, 0.25) is 0 Å². The summed E-state index contributed by atoms with van der Waals surface area (Å²) in [5, 5.41) is 2.87. The first-order chi connectivity index (χ1) is 18.3. The zero-order valence-corrected chi connectivity index (χ0v) is 21.9. The van der Waals surface area contributed by atoms with Crippen LogP contribution in [0.25, 0.3) is 22.6 Å². The number of hydrogen-bond acceptors (Lipinski definition) is 8. The van der Waals surface area contributed by atoms with Crippen LogP contribution in [0.4, 0.5) is 0 Å². The van der Waals surface area contributed by atoms with Crippen molar-refractivity contribution in [2.75, 3.05) is 25.2 Å². The van der Waals surface area contributed by atoms with Gasteiger partial charge in [0.2, 0.25) is 0 Å². The molecule has 1 saturated heterocycles. The molecule has 0 aliphatic carbocycles. The average Bonchev–Trinajstić information content (AvgIpc) is 3.47. The zero-order valence-electron chi connectivity index (χ0n) is 21.1. The van der Waals surface area contributed by atoms with Gasteiger partial charge in [0.25, 0.3) is 5.91 Å². The third-order valence-electron chi connectivity index (χ3n) is 6.10. The molecule has 4 aromatic rings. The number of carbonyl (C=O) groups is 1. The topological polar surface area (TPSA) is 139 Å². The summed E-state index contributed by atoms with van der Waals surface area (Å²) >= 11 is 0. The molecule has 10 nitrogen and oxygen atoms in total. The minimum absolute atomic E-state index is 0.179. The lowest BCUT2D eigenvalue weighted by atomic mass is 10.1. The first-order valence-electron chi connectivity index (χ1n) is 12.2. The molecule has 1 unspecified atom stereocenters. The number of rotatable bonds is 9. The second kappa shape index (κ2) is 11.0. The van der Waals surface area contributed by atoms with Gasteiger partial charge in [-0.3, -0.25) is 13.9 Å². The van der Waals surface area contributed by atoms with Crippen LogP contribution < -0.4 is 14.8 Å². The van der Waals surface area contributed by atoms with Crippen molar-refractivity contribution < 1.29 is 28.1 Å². The molecule has 38 heavy (non-hydrogen) atoms. The van der Waals surface area contributed by atoms with E-state index in [1.807, 2.05) is 31.2 Å². The van der Waals surface area contributed by atoms with Crippen LogP contribution in [-0.2, 0) is 4.74 Å². The van der Waals surface area contributed by atoms with Crippen molar-refractivity contribution in [3.05, 3.63) is 66.4 Å². The molecule has 200 valence electrons. The van der Waals surface area contributed by atoms with Gasteiger partial charge in [-0.2, -0.15) is 10.6 Å². The second-order valence-corrected chi connectivity index (χ2v) is 11.6. The lowest BCUT2D eigenvalue weighted by molar-refractivity contribution is 0.0920. The highest BCUT2D eigenvalue weighted by atomic mass is 32.3. The van der Waals surface area contributed by atoms with Crippen molar-refractivity contribution in [2.45, 2.75) is 25.5 Å². The Kier molecular flexibility index (Phi) is 7.52. The van der Waals surface area contributed by atoms with E-state index < -0.39 is 10.6 Å². The fourth-order valence-corrected chi connectivity index (χ4v) is 6.05. The molecule has 1 fully saturated rings. The number of ether oxygens (including phenoxy) is 3. The lowest BCUT2D eigenvalue weighted by Gasteiger charge is -2.26. The molecule has 2 atom stereocenters. The number of amides is 1. The highest BCUT2D eigenvalue weighted by Crippen LogP contribution is 2.45. The van der Waals surface area contributed by atoms with Crippen molar-refractivity contribution in [1.82, 2.24) is 20.3 Å². The summed E-state index contributed by atoms with van der Waals surface area (Å²) in [6.07, 6.45) is 2.08. The number of nitrogens with zero attached hydrogens (tertiary/aromatic N) is 2. The Morgan fingerprint density at radius 1 is 1.16 bits per heavy atom. The van der Waals surface area contributed by atoms with Crippen LogP contribution in [0, 0.1) is 0 Å². The molecule has 2 aromatic carbocycles. The molecule has 2 aromatic heterocycles. The smallest absolute Gasteiger partial charge is 0.251 e. The molecule has 0 bridgehead atoms. The maximum absolute atomic E-state index is 12.6. The van der Waals surface area contributed by atoms with Gasteiger partial charge in [0.15, 0.2) is 5.65 Å². The summed E-state index contributed by atoms with van der Waals surface area (Å²) in [5.41, 5.74) is 2.65. The lowest BCUT2D eigenvalue weighted by Crippen LogP contribution is -2.35. The predicted octanol–water partition coefficient (Wildman–Crippen LogP) is 5.08. The maximum Gasteiger partial charge on any atom is 0.251 e. The quantitative estimate of drug-likeness (QED) is 0.231. The van der Waals surface area contributed by atoms with E-state index in [1.165, 1.54) is 0 Å². The number of H-pyrrole nitrogens is 1. The molecule has 1 amide bonds. The van der Waals surface area contributed by atoms with Crippen LogP contribution in [-0.4, -0.2) is 67.3 Å². The number of fused-ring (bicyclic) bond motifs is 1. The largest absolute Gasteiger partial charge is 0.488 e. The zero-order chi connectivity index (χ0) is 26.7. The monoisotopic (exact) mass is 538 g/mol. The van der Waals surface area contributed by atoms with Gasteiger partial charge < -0.3 is 24.5 Å². The predicted molar refractivity (Wildman–Crippen MR) is 146 cm³/mol. The number of imidazole rings is 1. The molecular weight excluding hydrogens is 508 g/mol. The maximum atomic E-state index is 12.6. The summed E-state index contributed by atoms with van der Waals surface area (Å²) in [5.74, 6) is 2.55. The molecular formula is C27H30N4O6S. The van der Waals surface area contributed by atoms with Crippen molar-refractivity contribution in [1.29, 1.82) is 0 Å². The number of methoxy groups -OCH3 is 1. The summed E-state index contributed by atoms with van der Waals surface area (Å²) < 4.78 is 37.0. The Morgan fingerprint density at radius 3 is 2.66 bits per heavy atom. The van der Waals surface area contributed by atoms with Crippen LogP contribution in [0.1, 0.15) is 23.7 Å². The van der Waals surface area contributed by atoms with Crippen LogP contribution in [0.15, 0.2) is 60.8 Å². The SMILES string of the molecule is COC[C@H](C)Oc1cc(Oc2ccc(C(=O)NC3CCS(O)(O)C3)cc2)cc(-c2nc3cccnc3[nH]2)c1. The van der Waals surface area contributed by atoms with E-state index in [0.29, 0.717) is 53.1 Å².